The quantitative estimate of drug-likeness (QED) is 0.804. The van der Waals surface area contributed by atoms with Gasteiger partial charge in [0.1, 0.15) is 5.82 Å². The van der Waals surface area contributed by atoms with Crippen LogP contribution in [0, 0.1) is 5.41 Å². The van der Waals surface area contributed by atoms with Gasteiger partial charge in [0.2, 0.25) is 0 Å². The maximum Gasteiger partial charge on any atom is 0.165 e. The van der Waals surface area contributed by atoms with Gasteiger partial charge in [-0.2, -0.15) is 0 Å². The lowest BCUT2D eigenvalue weighted by atomic mass is 9.85. The van der Waals surface area contributed by atoms with Gasteiger partial charge in [-0.1, -0.05) is 48.0 Å². The number of aromatic nitrogens is 3. The zero-order valence-corrected chi connectivity index (χ0v) is 12.2. The molecule has 1 aromatic heterocycles. The highest BCUT2D eigenvalue weighted by Gasteiger charge is 2.28. The van der Waals surface area contributed by atoms with E-state index in [9.17, 15) is 0 Å². The Morgan fingerprint density at radius 2 is 2.00 bits per heavy atom. The number of fused-ring (bicyclic) bond motifs is 1. The van der Waals surface area contributed by atoms with Crippen LogP contribution in [0.4, 0.5) is 0 Å². The zero-order chi connectivity index (χ0) is 12.8. The SMILES string of the molecule is CC1(C)CCc2nnc(-c3ccccc3Br)n2C1. The molecule has 0 unspecified atom stereocenters. The lowest BCUT2D eigenvalue weighted by molar-refractivity contribution is 0.248. The number of aryl methyl sites for hydroxylation is 1. The Kier molecular flexibility index (Phi) is 2.77. The maximum absolute atomic E-state index is 4.38. The van der Waals surface area contributed by atoms with E-state index < -0.39 is 0 Å². The minimum absolute atomic E-state index is 0.325. The summed E-state index contributed by atoms with van der Waals surface area (Å²) >= 11 is 3.59. The summed E-state index contributed by atoms with van der Waals surface area (Å²) in [5.74, 6) is 2.09. The molecule has 0 fully saturated rings. The van der Waals surface area contributed by atoms with Gasteiger partial charge in [-0.25, -0.2) is 0 Å². The number of nitrogens with zero attached hydrogens (tertiary/aromatic N) is 3. The molecule has 1 aliphatic rings. The second-order valence-corrected chi connectivity index (χ2v) is 6.52. The van der Waals surface area contributed by atoms with Crippen molar-refractivity contribution in [1.29, 1.82) is 0 Å². The average Bonchev–Trinajstić information content (AvgIpc) is 2.71. The molecule has 1 aromatic carbocycles. The Hall–Kier alpha value is -1.16. The van der Waals surface area contributed by atoms with Crippen molar-refractivity contribution in [3.8, 4) is 11.4 Å². The molecule has 94 valence electrons. The molecule has 0 radical (unpaired) electrons. The van der Waals surface area contributed by atoms with Crippen LogP contribution in [0.15, 0.2) is 28.7 Å². The van der Waals surface area contributed by atoms with Crippen LogP contribution >= 0.6 is 15.9 Å². The van der Waals surface area contributed by atoms with Crippen LogP contribution in [-0.2, 0) is 13.0 Å². The van der Waals surface area contributed by atoms with E-state index in [0.717, 1.165) is 34.7 Å². The lowest BCUT2D eigenvalue weighted by Gasteiger charge is -2.30. The van der Waals surface area contributed by atoms with Crippen molar-refractivity contribution in [2.24, 2.45) is 5.41 Å². The number of hydrogen-bond donors (Lipinski definition) is 0. The minimum atomic E-state index is 0.325. The maximum atomic E-state index is 4.38. The zero-order valence-electron chi connectivity index (χ0n) is 10.7. The molecule has 3 nitrogen and oxygen atoms in total. The molecular formula is C14H16BrN3. The molecule has 0 amide bonds. The van der Waals surface area contributed by atoms with E-state index in [4.69, 9.17) is 0 Å². The summed E-state index contributed by atoms with van der Waals surface area (Å²) in [5.41, 5.74) is 1.44. The largest absolute Gasteiger partial charge is 0.310 e. The van der Waals surface area contributed by atoms with Crippen molar-refractivity contribution in [2.75, 3.05) is 0 Å². The van der Waals surface area contributed by atoms with Crippen LogP contribution in [0.25, 0.3) is 11.4 Å². The molecule has 0 saturated heterocycles. The molecule has 2 heterocycles. The normalized spacial score (nSPS) is 17.5. The van der Waals surface area contributed by atoms with Crippen molar-refractivity contribution in [3.05, 3.63) is 34.6 Å². The Balaban J connectivity index is 2.11. The van der Waals surface area contributed by atoms with Gasteiger partial charge < -0.3 is 4.57 Å². The van der Waals surface area contributed by atoms with Crippen molar-refractivity contribution in [1.82, 2.24) is 14.8 Å². The predicted octanol–water partition coefficient (Wildman–Crippen LogP) is 3.68. The summed E-state index contributed by atoms with van der Waals surface area (Å²) in [7, 11) is 0. The van der Waals surface area contributed by atoms with Gasteiger partial charge in [0, 0.05) is 23.0 Å². The number of rotatable bonds is 1. The standard InChI is InChI=1S/C14H16BrN3/c1-14(2)8-7-12-16-17-13(18(12)9-14)10-5-3-4-6-11(10)15/h3-6H,7-9H2,1-2H3. The third-order valence-electron chi connectivity index (χ3n) is 3.55. The highest BCUT2D eigenvalue weighted by molar-refractivity contribution is 9.10. The van der Waals surface area contributed by atoms with Crippen LogP contribution in [-0.4, -0.2) is 14.8 Å². The van der Waals surface area contributed by atoms with Crippen LogP contribution in [0.5, 0.6) is 0 Å². The number of hydrogen-bond acceptors (Lipinski definition) is 2. The van der Waals surface area contributed by atoms with E-state index in [1.54, 1.807) is 0 Å². The fourth-order valence-electron chi connectivity index (χ4n) is 2.49. The highest BCUT2D eigenvalue weighted by Crippen LogP contribution is 2.34. The molecule has 3 rings (SSSR count). The molecule has 0 spiro atoms. The van der Waals surface area contributed by atoms with E-state index in [1.807, 2.05) is 18.2 Å². The second-order valence-electron chi connectivity index (χ2n) is 5.67. The van der Waals surface area contributed by atoms with E-state index in [2.05, 4.69) is 50.6 Å². The number of halogens is 1. The summed E-state index contributed by atoms with van der Waals surface area (Å²) in [6.45, 7) is 5.60. The summed E-state index contributed by atoms with van der Waals surface area (Å²) in [4.78, 5) is 0. The summed E-state index contributed by atoms with van der Waals surface area (Å²) in [6, 6.07) is 8.19. The van der Waals surface area contributed by atoms with Crippen LogP contribution < -0.4 is 0 Å². The van der Waals surface area contributed by atoms with Gasteiger partial charge in [-0.15, -0.1) is 10.2 Å². The Morgan fingerprint density at radius 1 is 1.22 bits per heavy atom. The Morgan fingerprint density at radius 3 is 2.78 bits per heavy atom. The van der Waals surface area contributed by atoms with Crippen LogP contribution in [0.3, 0.4) is 0 Å². The molecule has 0 N–H and O–H groups in total. The molecule has 0 saturated carbocycles. The monoisotopic (exact) mass is 305 g/mol. The van der Waals surface area contributed by atoms with E-state index in [0.29, 0.717) is 5.41 Å². The van der Waals surface area contributed by atoms with Gasteiger partial charge in [0.25, 0.3) is 0 Å². The summed E-state index contributed by atoms with van der Waals surface area (Å²) < 4.78 is 3.34. The fourth-order valence-corrected chi connectivity index (χ4v) is 2.95. The Labute approximate surface area is 115 Å². The van der Waals surface area contributed by atoms with Crippen molar-refractivity contribution in [3.63, 3.8) is 0 Å². The molecule has 0 bridgehead atoms. The van der Waals surface area contributed by atoms with Crippen LogP contribution in [0.1, 0.15) is 26.1 Å². The van der Waals surface area contributed by atoms with E-state index >= 15 is 0 Å². The van der Waals surface area contributed by atoms with Gasteiger partial charge in [-0.05, 0) is 17.9 Å². The van der Waals surface area contributed by atoms with E-state index in [-0.39, 0.29) is 0 Å². The van der Waals surface area contributed by atoms with Gasteiger partial charge >= 0.3 is 0 Å². The van der Waals surface area contributed by atoms with Gasteiger partial charge in [0.05, 0.1) is 0 Å². The Bertz CT molecular complexity index is 586. The average molecular weight is 306 g/mol. The highest BCUT2D eigenvalue weighted by atomic mass is 79.9. The summed E-state index contributed by atoms with van der Waals surface area (Å²) in [6.07, 6.45) is 2.20. The molecule has 2 aromatic rings. The lowest BCUT2D eigenvalue weighted by Crippen LogP contribution is -2.27. The van der Waals surface area contributed by atoms with Gasteiger partial charge in [0.15, 0.2) is 5.82 Å². The first-order chi connectivity index (χ1) is 8.57. The molecule has 18 heavy (non-hydrogen) atoms. The fraction of sp³-hybridized carbons (Fsp3) is 0.429. The van der Waals surface area contributed by atoms with Crippen molar-refractivity contribution >= 4 is 15.9 Å². The third kappa shape index (κ3) is 1.99. The van der Waals surface area contributed by atoms with Crippen LogP contribution in [0.2, 0.25) is 0 Å². The molecule has 0 atom stereocenters. The first-order valence-electron chi connectivity index (χ1n) is 6.24. The third-order valence-corrected chi connectivity index (χ3v) is 4.25. The van der Waals surface area contributed by atoms with Crippen molar-refractivity contribution in [2.45, 2.75) is 33.2 Å². The van der Waals surface area contributed by atoms with E-state index in [1.165, 1.54) is 6.42 Å². The second kappa shape index (κ2) is 4.19. The minimum Gasteiger partial charge on any atom is -0.310 e. The smallest absolute Gasteiger partial charge is 0.165 e. The molecule has 1 aliphatic heterocycles. The summed E-state index contributed by atoms with van der Waals surface area (Å²) in [5, 5.41) is 8.71. The molecule has 4 heteroatoms. The first kappa shape index (κ1) is 11.9. The molecule has 0 aliphatic carbocycles. The topological polar surface area (TPSA) is 30.7 Å². The van der Waals surface area contributed by atoms with Crippen molar-refractivity contribution < 1.29 is 0 Å². The molecular weight excluding hydrogens is 290 g/mol. The van der Waals surface area contributed by atoms with Gasteiger partial charge in [-0.3, -0.25) is 0 Å². The first-order valence-corrected chi connectivity index (χ1v) is 7.03. The number of benzene rings is 1. The predicted molar refractivity (Wildman–Crippen MR) is 75.3 cm³/mol.